The second kappa shape index (κ2) is 17.1. The number of hydrogen-bond acceptors (Lipinski definition) is 6. The number of halogens is 2. The molecule has 8 nitrogen and oxygen atoms in total. The summed E-state index contributed by atoms with van der Waals surface area (Å²) in [4.78, 5) is 25.7. The van der Waals surface area contributed by atoms with Crippen molar-refractivity contribution in [1.82, 2.24) is 4.90 Å². The molecule has 10 heteroatoms. The molecule has 1 N–H and O–H groups in total. The van der Waals surface area contributed by atoms with E-state index >= 15 is 0 Å². The van der Waals surface area contributed by atoms with Gasteiger partial charge in [0.05, 0.1) is 18.2 Å². The summed E-state index contributed by atoms with van der Waals surface area (Å²) < 4.78 is 22.2. The molecule has 0 saturated carbocycles. The summed E-state index contributed by atoms with van der Waals surface area (Å²) in [6.45, 7) is 6.01. The van der Waals surface area contributed by atoms with Gasteiger partial charge in [0.1, 0.15) is 12.4 Å². The Bertz CT molecular complexity index is 972. The molecule has 2 aromatic carbocycles. The number of carbonyl (C=O) groups is 2. The molecule has 0 aliphatic carbocycles. The molecule has 0 saturated heterocycles. The maximum Gasteiger partial charge on any atom is 0.415 e. The maximum atomic E-state index is 12.9. The minimum absolute atomic E-state index is 0.216. The maximum absolute atomic E-state index is 12.9. The number of aliphatic carboxylic acids is 1. The van der Waals surface area contributed by atoms with Crippen LogP contribution in [0.2, 0.25) is 10.0 Å². The molecule has 0 bridgehead atoms. The van der Waals surface area contributed by atoms with Crippen LogP contribution in [-0.4, -0.2) is 67.7 Å². The van der Waals surface area contributed by atoms with Gasteiger partial charge in [-0.1, -0.05) is 55.1 Å². The lowest BCUT2D eigenvalue weighted by molar-refractivity contribution is -0.149. The van der Waals surface area contributed by atoms with Crippen LogP contribution >= 0.6 is 23.2 Å². The van der Waals surface area contributed by atoms with Gasteiger partial charge in [-0.2, -0.15) is 0 Å². The molecule has 2 aromatic rings. The van der Waals surface area contributed by atoms with Crippen molar-refractivity contribution in [2.45, 2.75) is 45.6 Å². The molecule has 0 fully saturated rings. The van der Waals surface area contributed by atoms with Gasteiger partial charge in [-0.15, -0.1) is 0 Å². The van der Waals surface area contributed by atoms with Gasteiger partial charge in [0.25, 0.3) is 0 Å². The third kappa shape index (κ3) is 11.6. The highest BCUT2D eigenvalue weighted by Crippen LogP contribution is 2.28. The Kier molecular flexibility index (Phi) is 14.2. The van der Waals surface area contributed by atoms with Gasteiger partial charge in [0.15, 0.2) is 11.9 Å². The molecule has 0 aliphatic rings. The SMILES string of the molecule is CCCCCOCCN(CCOc1ccc(CC(OCC)C(=O)O)cc1)C(=O)Oc1ccc(Cl)cc1Cl. The summed E-state index contributed by atoms with van der Waals surface area (Å²) >= 11 is 12.1. The first-order chi connectivity index (χ1) is 17.8. The predicted octanol–water partition coefficient (Wildman–Crippen LogP) is 6.11. The molecular weight excluding hydrogens is 521 g/mol. The monoisotopic (exact) mass is 555 g/mol. The van der Waals surface area contributed by atoms with Crippen molar-refractivity contribution in [3.8, 4) is 11.5 Å². The van der Waals surface area contributed by atoms with Gasteiger partial charge in [-0.3, -0.25) is 0 Å². The molecule has 0 aliphatic heterocycles. The lowest BCUT2D eigenvalue weighted by atomic mass is 10.1. The Hall–Kier alpha value is -2.52. The number of carbonyl (C=O) groups excluding carboxylic acids is 1. The molecular formula is C27H35Cl2NO7. The van der Waals surface area contributed by atoms with Crippen LogP contribution in [0.25, 0.3) is 0 Å². The Balaban J connectivity index is 1.92. The summed E-state index contributed by atoms with van der Waals surface area (Å²) in [7, 11) is 0. The van der Waals surface area contributed by atoms with Crippen LogP contribution in [-0.2, 0) is 20.7 Å². The van der Waals surface area contributed by atoms with Crippen molar-refractivity contribution >= 4 is 35.3 Å². The normalized spacial score (nSPS) is 11.7. The lowest BCUT2D eigenvalue weighted by Gasteiger charge is -2.22. The summed E-state index contributed by atoms with van der Waals surface area (Å²) in [6, 6.07) is 11.7. The van der Waals surface area contributed by atoms with E-state index in [1.165, 1.54) is 11.0 Å². The van der Waals surface area contributed by atoms with Crippen LogP contribution in [0, 0.1) is 0 Å². The summed E-state index contributed by atoms with van der Waals surface area (Å²) in [6.07, 6.45) is 1.96. The highest BCUT2D eigenvalue weighted by Gasteiger charge is 2.19. The van der Waals surface area contributed by atoms with Crippen LogP contribution < -0.4 is 9.47 Å². The topological polar surface area (TPSA) is 94.5 Å². The van der Waals surface area contributed by atoms with E-state index in [1.54, 1.807) is 43.3 Å². The summed E-state index contributed by atoms with van der Waals surface area (Å²) in [5.41, 5.74) is 0.818. The van der Waals surface area contributed by atoms with E-state index < -0.39 is 18.2 Å². The van der Waals surface area contributed by atoms with E-state index in [0.29, 0.717) is 37.1 Å². The standard InChI is InChI=1S/C27H35Cl2NO7/c1-3-5-6-15-34-16-13-30(27(33)37-24-12-9-21(28)19-23(24)29)14-17-36-22-10-7-20(8-11-22)18-25(26(31)32)35-4-2/h7-12,19,25H,3-6,13-18H2,1-2H3,(H,31,32). The van der Waals surface area contributed by atoms with Crippen molar-refractivity contribution in [3.63, 3.8) is 0 Å². The molecule has 204 valence electrons. The molecule has 1 unspecified atom stereocenters. The van der Waals surface area contributed by atoms with Crippen LogP contribution in [0.5, 0.6) is 11.5 Å². The minimum atomic E-state index is -0.997. The van der Waals surface area contributed by atoms with Gasteiger partial charge in [0.2, 0.25) is 0 Å². The van der Waals surface area contributed by atoms with Crippen molar-refractivity contribution in [1.29, 1.82) is 0 Å². The number of hydrogen-bond donors (Lipinski definition) is 1. The molecule has 2 rings (SSSR count). The predicted molar refractivity (Wildman–Crippen MR) is 143 cm³/mol. The van der Waals surface area contributed by atoms with E-state index in [-0.39, 0.29) is 30.3 Å². The summed E-state index contributed by atoms with van der Waals surface area (Å²) in [5.74, 6) is -0.187. The average Bonchev–Trinajstić information content (AvgIpc) is 2.87. The number of carboxylic acids is 1. The van der Waals surface area contributed by atoms with Crippen molar-refractivity contribution in [2.24, 2.45) is 0 Å². The quantitative estimate of drug-likeness (QED) is 0.235. The van der Waals surface area contributed by atoms with Gasteiger partial charge in [0, 0.05) is 31.2 Å². The smallest absolute Gasteiger partial charge is 0.415 e. The molecule has 37 heavy (non-hydrogen) atoms. The average molecular weight is 556 g/mol. The Labute approximate surface area is 228 Å². The van der Waals surface area contributed by atoms with E-state index in [0.717, 1.165) is 24.8 Å². The van der Waals surface area contributed by atoms with E-state index in [4.69, 9.17) is 42.1 Å². The molecule has 0 spiro atoms. The highest BCUT2D eigenvalue weighted by molar-refractivity contribution is 6.35. The number of nitrogens with zero attached hydrogens (tertiary/aromatic N) is 1. The number of carboxylic acid groups (broad SMARTS) is 1. The summed E-state index contributed by atoms with van der Waals surface area (Å²) in [5, 5.41) is 9.94. The Morgan fingerprint density at radius 3 is 2.35 bits per heavy atom. The van der Waals surface area contributed by atoms with Gasteiger partial charge >= 0.3 is 12.1 Å². The molecule has 1 amide bonds. The number of unbranched alkanes of at least 4 members (excludes halogenated alkanes) is 2. The second-order valence-electron chi connectivity index (χ2n) is 8.23. The van der Waals surface area contributed by atoms with E-state index in [9.17, 15) is 14.7 Å². The fraction of sp³-hybridized carbons (Fsp3) is 0.481. The zero-order chi connectivity index (χ0) is 27.0. The Morgan fingerprint density at radius 1 is 0.973 bits per heavy atom. The first-order valence-electron chi connectivity index (χ1n) is 12.4. The zero-order valence-electron chi connectivity index (χ0n) is 21.3. The van der Waals surface area contributed by atoms with Gasteiger partial charge in [-0.05, 0) is 49.2 Å². The third-order valence-corrected chi connectivity index (χ3v) is 5.90. The molecule has 1 atom stereocenters. The Morgan fingerprint density at radius 2 is 1.70 bits per heavy atom. The highest BCUT2D eigenvalue weighted by atomic mass is 35.5. The lowest BCUT2D eigenvalue weighted by Crippen LogP contribution is -2.39. The van der Waals surface area contributed by atoms with Gasteiger partial charge in [-0.25, -0.2) is 9.59 Å². The van der Waals surface area contributed by atoms with Crippen LogP contribution in [0.15, 0.2) is 42.5 Å². The molecule has 0 heterocycles. The number of amides is 1. The van der Waals surface area contributed by atoms with Crippen LogP contribution in [0.3, 0.4) is 0 Å². The number of ether oxygens (including phenoxy) is 4. The van der Waals surface area contributed by atoms with Crippen LogP contribution in [0.1, 0.15) is 38.7 Å². The minimum Gasteiger partial charge on any atom is -0.492 e. The second-order valence-corrected chi connectivity index (χ2v) is 9.07. The van der Waals surface area contributed by atoms with Crippen LogP contribution in [0.4, 0.5) is 4.79 Å². The van der Waals surface area contributed by atoms with Crippen molar-refractivity contribution in [3.05, 3.63) is 58.1 Å². The van der Waals surface area contributed by atoms with Crippen molar-refractivity contribution < 1.29 is 33.6 Å². The first kappa shape index (κ1) is 30.7. The largest absolute Gasteiger partial charge is 0.492 e. The first-order valence-corrected chi connectivity index (χ1v) is 13.1. The fourth-order valence-electron chi connectivity index (χ4n) is 3.37. The third-order valence-electron chi connectivity index (χ3n) is 5.36. The number of rotatable bonds is 17. The molecule has 0 aromatic heterocycles. The zero-order valence-corrected chi connectivity index (χ0v) is 22.8. The fourth-order valence-corrected chi connectivity index (χ4v) is 3.82. The molecule has 0 radical (unpaired) electrons. The van der Waals surface area contributed by atoms with Crippen molar-refractivity contribution in [2.75, 3.05) is 39.5 Å². The van der Waals surface area contributed by atoms with E-state index in [1.807, 2.05) is 0 Å². The number of benzene rings is 2. The van der Waals surface area contributed by atoms with Gasteiger partial charge < -0.3 is 29.0 Å². The van der Waals surface area contributed by atoms with E-state index in [2.05, 4.69) is 6.92 Å².